The van der Waals surface area contributed by atoms with Gasteiger partial charge in [-0.25, -0.2) is 0 Å². The van der Waals surface area contributed by atoms with Crippen LogP contribution in [0.25, 0.3) is 0 Å². The fourth-order valence-corrected chi connectivity index (χ4v) is 6.58. The largest absolute Gasteiger partial charge is 0.376 e. The predicted octanol–water partition coefficient (Wildman–Crippen LogP) is 1.75. The fourth-order valence-electron chi connectivity index (χ4n) is 6.41. The molecule has 5 aliphatic heterocycles. The van der Waals surface area contributed by atoms with E-state index >= 15 is 0 Å². The average molecular weight is 416 g/mol. The molecule has 5 aliphatic rings. The van der Waals surface area contributed by atoms with Crippen LogP contribution < -0.4 is 5.32 Å². The summed E-state index contributed by atoms with van der Waals surface area (Å²) in [6.07, 6.45) is 3.43. The summed E-state index contributed by atoms with van der Waals surface area (Å²) >= 11 is 6.29. The molecule has 6 rings (SSSR count). The fraction of sp³-hybridized carbons (Fsp3) is 0.571. The zero-order valence-electron chi connectivity index (χ0n) is 15.9. The van der Waals surface area contributed by atoms with E-state index in [2.05, 4.69) is 10.2 Å². The normalized spacial score (nSPS) is 38.1. The summed E-state index contributed by atoms with van der Waals surface area (Å²) in [6, 6.07) is 5.21. The van der Waals surface area contributed by atoms with E-state index in [0.29, 0.717) is 23.9 Å². The average Bonchev–Trinajstić information content (AvgIpc) is 3.47. The van der Waals surface area contributed by atoms with E-state index in [0.717, 1.165) is 31.2 Å². The van der Waals surface area contributed by atoms with Gasteiger partial charge in [-0.2, -0.15) is 0 Å². The summed E-state index contributed by atoms with van der Waals surface area (Å²) in [5, 5.41) is 3.48. The van der Waals surface area contributed by atoms with E-state index in [1.807, 2.05) is 0 Å². The van der Waals surface area contributed by atoms with E-state index in [4.69, 9.17) is 16.3 Å². The monoisotopic (exact) mass is 415 g/mol. The lowest BCUT2D eigenvalue weighted by molar-refractivity contribution is -0.147. The van der Waals surface area contributed by atoms with Crippen molar-refractivity contribution in [2.75, 3.05) is 25.0 Å². The molecule has 5 heterocycles. The number of fused-ring (bicyclic) bond motifs is 7. The van der Waals surface area contributed by atoms with Gasteiger partial charge in [0.05, 0.1) is 24.5 Å². The zero-order chi connectivity index (χ0) is 19.9. The first-order chi connectivity index (χ1) is 14.0. The Balaban J connectivity index is 1.48. The Morgan fingerprint density at radius 2 is 2.03 bits per heavy atom. The third-order valence-electron chi connectivity index (χ3n) is 7.46. The van der Waals surface area contributed by atoms with E-state index in [-0.39, 0.29) is 36.4 Å². The number of rotatable bonds is 2. The highest BCUT2D eigenvalue weighted by Crippen LogP contribution is 2.60. The molecule has 5 atom stereocenters. The third kappa shape index (κ3) is 2.13. The van der Waals surface area contributed by atoms with Gasteiger partial charge in [0.1, 0.15) is 5.54 Å². The number of nitrogens with zero attached hydrogens (tertiary/aromatic N) is 2. The van der Waals surface area contributed by atoms with Crippen molar-refractivity contribution in [1.29, 1.82) is 0 Å². The number of amides is 3. The van der Waals surface area contributed by atoms with Crippen molar-refractivity contribution in [2.45, 2.75) is 43.4 Å². The minimum atomic E-state index is -1.15. The van der Waals surface area contributed by atoms with E-state index in [1.54, 1.807) is 18.2 Å². The molecule has 7 nitrogen and oxygen atoms in total. The van der Waals surface area contributed by atoms with Crippen LogP contribution in [0.5, 0.6) is 0 Å². The molecule has 3 amide bonds. The molecule has 1 N–H and O–H groups in total. The molecule has 0 saturated carbocycles. The predicted molar refractivity (Wildman–Crippen MR) is 104 cm³/mol. The number of carbonyl (C=O) groups excluding carboxylic acids is 3. The zero-order valence-corrected chi connectivity index (χ0v) is 16.7. The maximum Gasteiger partial charge on any atom is 0.250 e. The molecule has 0 aromatic heterocycles. The van der Waals surface area contributed by atoms with Gasteiger partial charge in [-0.05, 0) is 50.4 Å². The van der Waals surface area contributed by atoms with Gasteiger partial charge in [0.25, 0.3) is 0 Å². The summed E-state index contributed by atoms with van der Waals surface area (Å²) in [5.74, 6) is -1.79. The maximum absolute atomic E-state index is 13.6. The van der Waals surface area contributed by atoms with Gasteiger partial charge < -0.3 is 10.1 Å². The van der Waals surface area contributed by atoms with Gasteiger partial charge in [0, 0.05) is 28.9 Å². The summed E-state index contributed by atoms with van der Waals surface area (Å²) < 4.78 is 5.68. The van der Waals surface area contributed by atoms with Gasteiger partial charge in [-0.3, -0.25) is 24.2 Å². The second-order valence-corrected chi connectivity index (χ2v) is 9.18. The molecule has 1 spiro atoms. The Bertz CT molecular complexity index is 946. The highest BCUT2D eigenvalue weighted by molar-refractivity contribution is 6.31. The van der Waals surface area contributed by atoms with E-state index in [1.165, 1.54) is 4.90 Å². The van der Waals surface area contributed by atoms with E-state index in [9.17, 15) is 14.4 Å². The van der Waals surface area contributed by atoms with Gasteiger partial charge in [-0.15, -0.1) is 0 Å². The Labute approximate surface area is 173 Å². The van der Waals surface area contributed by atoms with Crippen LogP contribution in [0.1, 0.15) is 31.2 Å². The first kappa shape index (κ1) is 17.9. The number of nitrogens with one attached hydrogen (secondary N) is 1. The van der Waals surface area contributed by atoms with Gasteiger partial charge >= 0.3 is 0 Å². The Morgan fingerprint density at radius 3 is 2.83 bits per heavy atom. The molecule has 4 fully saturated rings. The molecule has 8 heteroatoms. The SMILES string of the molecule is O=C1[C@@H]2[C@H]3CCCN3[C@@]3(C(=O)Nc4ccc(Cl)cc43)[C@H]2C(=O)N1C[C@@H]1CCCO1. The van der Waals surface area contributed by atoms with Crippen LogP contribution in [0, 0.1) is 11.8 Å². The van der Waals surface area contributed by atoms with Gasteiger partial charge in [-0.1, -0.05) is 11.6 Å². The van der Waals surface area contributed by atoms with Crippen LogP contribution in [0.4, 0.5) is 5.69 Å². The number of ether oxygens (including phenoxy) is 1. The molecule has 1 aromatic carbocycles. The Hall–Kier alpha value is -1.96. The van der Waals surface area contributed by atoms with E-state index < -0.39 is 17.4 Å². The number of imide groups is 1. The summed E-state index contributed by atoms with van der Waals surface area (Å²) in [5.41, 5.74) is 0.266. The van der Waals surface area contributed by atoms with Crippen molar-refractivity contribution in [1.82, 2.24) is 9.80 Å². The highest BCUT2D eigenvalue weighted by atomic mass is 35.5. The number of hydrogen-bond acceptors (Lipinski definition) is 5. The van der Waals surface area contributed by atoms with Crippen LogP contribution in [-0.2, 0) is 24.7 Å². The number of likely N-dealkylation sites (tertiary alicyclic amines) is 1. The van der Waals surface area contributed by atoms with Gasteiger partial charge in [0.15, 0.2) is 0 Å². The Kier molecular flexibility index (Phi) is 3.71. The highest BCUT2D eigenvalue weighted by Gasteiger charge is 2.74. The van der Waals surface area contributed by atoms with Crippen LogP contribution in [0.3, 0.4) is 0 Å². The third-order valence-corrected chi connectivity index (χ3v) is 7.69. The lowest BCUT2D eigenvalue weighted by atomic mass is 9.75. The minimum absolute atomic E-state index is 0.0957. The number of anilines is 1. The first-order valence-corrected chi connectivity index (χ1v) is 10.8. The quantitative estimate of drug-likeness (QED) is 0.744. The molecule has 29 heavy (non-hydrogen) atoms. The van der Waals surface area contributed by atoms with Crippen LogP contribution >= 0.6 is 11.6 Å². The van der Waals surface area contributed by atoms with Crippen LogP contribution in [0.2, 0.25) is 5.02 Å². The molecular formula is C21H22ClN3O4. The van der Waals surface area contributed by atoms with Gasteiger partial charge in [0.2, 0.25) is 17.7 Å². The minimum Gasteiger partial charge on any atom is -0.376 e. The van der Waals surface area contributed by atoms with Crippen molar-refractivity contribution >= 4 is 35.0 Å². The van der Waals surface area contributed by atoms with Crippen molar-refractivity contribution in [3.05, 3.63) is 28.8 Å². The summed E-state index contributed by atoms with van der Waals surface area (Å²) in [4.78, 5) is 44.0. The smallest absolute Gasteiger partial charge is 0.250 e. The molecule has 1 aromatic rings. The number of halogens is 1. The summed E-state index contributed by atoms with van der Waals surface area (Å²) in [7, 11) is 0. The summed E-state index contributed by atoms with van der Waals surface area (Å²) in [6.45, 7) is 1.66. The molecule has 0 unspecified atom stereocenters. The topological polar surface area (TPSA) is 79.0 Å². The number of benzene rings is 1. The lowest BCUT2D eigenvalue weighted by Gasteiger charge is -2.36. The second kappa shape index (κ2) is 6.03. The molecule has 152 valence electrons. The lowest BCUT2D eigenvalue weighted by Crippen LogP contribution is -2.54. The second-order valence-electron chi connectivity index (χ2n) is 8.74. The van der Waals surface area contributed by atoms with Crippen LogP contribution in [0.15, 0.2) is 18.2 Å². The van der Waals surface area contributed by atoms with Crippen LogP contribution in [-0.4, -0.2) is 59.4 Å². The molecular weight excluding hydrogens is 394 g/mol. The molecule has 0 aliphatic carbocycles. The molecule has 0 radical (unpaired) electrons. The number of hydrogen-bond donors (Lipinski definition) is 1. The van der Waals surface area contributed by atoms with Crippen molar-refractivity contribution in [2.24, 2.45) is 11.8 Å². The first-order valence-electron chi connectivity index (χ1n) is 10.4. The van der Waals surface area contributed by atoms with Crippen molar-refractivity contribution < 1.29 is 19.1 Å². The number of carbonyl (C=O) groups is 3. The van der Waals surface area contributed by atoms with Crippen molar-refractivity contribution in [3.63, 3.8) is 0 Å². The standard InChI is InChI=1S/C21H22ClN3O4/c22-11-5-6-14-13(9-11)21(20(28)23-14)17-16(15-4-1-7-25(15)21)18(26)24(19(17)27)10-12-3-2-8-29-12/h5-6,9,12,15-17H,1-4,7-8,10H2,(H,23,28)/t12-,15+,16+,17+,21+/m0/s1. The van der Waals surface area contributed by atoms with Crippen molar-refractivity contribution in [3.8, 4) is 0 Å². The molecule has 4 saturated heterocycles. The molecule has 0 bridgehead atoms. The maximum atomic E-state index is 13.6. The Morgan fingerprint density at radius 1 is 1.17 bits per heavy atom.